The lowest BCUT2D eigenvalue weighted by atomic mass is 10.1. The maximum Gasteiger partial charge on any atom is 0.241 e. The van der Waals surface area contributed by atoms with Crippen LogP contribution in [0, 0.1) is 0 Å². The van der Waals surface area contributed by atoms with E-state index in [1.807, 2.05) is 25.2 Å². The fourth-order valence-electron chi connectivity index (χ4n) is 3.79. The SMILES string of the molecule is CN=C(NCC(=O)N(C)CCc1ccccn1)NCc1ccc(CN2CCCCC2)cc1.I. The Kier molecular flexibility index (Phi) is 12.2. The highest BCUT2D eigenvalue weighted by Gasteiger charge is 2.11. The summed E-state index contributed by atoms with van der Waals surface area (Å²) in [5, 5.41) is 6.40. The molecule has 3 rings (SSSR count). The minimum Gasteiger partial charge on any atom is -0.352 e. The number of piperidine rings is 1. The van der Waals surface area contributed by atoms with Gasteiger partial charge in [-0.25, -0.2) is 0 Å². The third kappa shape index (κ3) is 9.67. The molecule has 0 bridgehead atoms. The molecule has 2 heterocycles. The Bertz CT molecular complexity index is 853. The number of pyridine rings is 1. The first-order valence-corrected chi connectivity index (χ1v) is 11.5. The van der Waals surface area contributed by atoms with Crippen molar-refractivity contribution in [3.63, 3.8) is 0 Å². The summed E-state index contributed by atoms with van der Waals surface area (Å²) < 4.78 is 0. The lowest BCUT2D eigenvalue weighted by molar-refractivity contribution is -0.128. The number of likely N-dealkylation sites (N-methyl/N-ethyl adjacent to an activating group) is 1. The second kappa shape index (κ2) is 14.8. The lowest BCUT2D eigenvalue weighted by Gasteiger charge is -2.26. The van der Waals surface area contributed by atoms with E-state index >= 15 is 0 Å². The number of nitrogens with zero attached hydrogens (tertiary/aromatic N) is 4. The van der Waals surface area contributed by atoms with E-state index in [0.717, 1.165) is 18.7 Å². The van der Waals surface area contributed by atoms with Crippen LogP contribution in [0.25, 0.3) is 0 Å². The van der Waals surface area contributed by atoms with Crippen LogP contribution in [0.15, 0.2) is 53.7 Å². The zero-order valence-electron chi connectivity index (χ0n) is 19.8. The van der Waals surface area contributed by atoms with Crippen LogP contribution >= 0.6 is 24.0 Å². The van der Waals surface area contributed by atoms with E-state index < -0.39 is 0 Å². The van der Waals surface area contributed by atoms with Gasteiger partial charge in [0, 0.05) is 52.0 Å². The van der Waals surface area contributed by atoms with Crippen LogP contribution in [0.4, 0.5) is 0 Å². The topological polar surface area (TPSA) is 72.9 Å². The van der Waals surface area contributed by atoms with Crippen molar-refractivity contribution in [1.29, 1.82) is 0 Å². The molecule has 1 fully saturated rings. The van der Waals surface area contributed by atoms with E-state index in [1.54, 1.807) is 18.1 Å². The third-order valence-corrected chi connectivity index (χ3v) is 5.82. The van der Waals surface area contributed by atoms with Gasteiger partial charge >= 0.3 is 0 Å². The van der Waals surface area contributed by atoms with Crippen LogP contribution in [-0.2, 0) is 24.3 Å². The summed E-state index contributed by atoms with van der Waals surface area (Å²) in [6.07, 6.45) is 6.51. The number of rotatable bonds is 9. The van der Waals surface area contributed by atoms with Gasteiger partial charge in [0.15, 0.2) is 5.96 Å². The molecule has 7 nitrogen and oxygen atoms in total. The maximum atomic E-state index is 12.4. The van der Waals surface area contributed by atoms with E-state index in [9.17, 15) is 4.79 Å². The standard InChI is InChI=1S/C25H36N6O.HI/c1-26-25(29-19-24(32)30(2)17-13-23-8-4-5-14-27-23)28-18-21-9-11-22(12-10-21)20-31-15-6-3-7-16-31;/h4-5,8-12,14H,3,6-7,13,15-20H2,1-2H3,(H2,26,28,29);1H. The highest BCUT2D eigenvalue weighted by atomic mass is 127. The molecular formula is C25H37IN6O. The number of guanidine groups is 1. The minimum atomic E-state index is 0. The van der Waals surface area contributed by atoms with Crippen LogP contribution < -0.4 is 10.6 Å². The smallest absolute Gasteiger partial charge is 0.241 e. The first-order chi connectivity index (χ1) is 15.6. The molecule has 1 aliphatic rings. The number of hydrogen-bond acceptors (Lipinski definition) is 4. The van der Waals surface area contributed by atoms with Gasteiger partial charge in [-0.05, 0) is 49.2 Å². The number of aliphatic imine (C=N–C) groups is 1. The van der Waals surface area contributed by atoms with Gasteiger partial charge in [-0.1, -0.05) is 36.8 Å². The molecule has 1 amide bonds. The quantitative estimate of drug-likeness (QED) is 0.279. The zero-order valence-corrected chi connectivity index (χ0v) is 22.1. The van der Waals surface area contributed by atoms with Gasteiger partial charge in [-0.2, -0.15) is 0 Å². The first kappa shape index (κ1) is 27.0. The summed E-state index contributed by atoms with van der Waals surface area (Å²) in [7, 11) is 3.53. The van der Waals surface area contributed by atoms with Crippen LogP contribution in [0.1, 0.15) is 36.1 Å². The molecule has 1 aliphatic heterocycles. The van der Waals surface area contributed by atoms with Crippen molar-refractivity contribution < 1.29 is 4.79 Å². The summed E-state index contributed by atoms with van der Waals surface area (Å²) in [5.74, 6) is 0.639. The van der Waals surface area contributed by atoms with Gasteiger partial charge in [0.25, 0.3) is 0 Å². The van der Waals surface area contributed by atoms with Crippen molar-refractivity contribution in [2.75, 3.05) is 40.3 Å². The fourth-order valence-corrected chi connectivity index (χ4v) is 3.79. The Hall–Kier alpha value is -2.20. The number of carbonyl (C=O) groups excluding carboxylic acids is 1. The van der Waals surface area contributed by atoms with Crippen molar-refractivity contribution in [2.24, 2.45) is 4.99 Å². The van der Waals surface area contributed by atoms with Crippen LogP contribution in [0.5, 0.6) is 0 Å². The molecule has 2 aromatic rings. The number of aromatic nitrogens is 1. The van der Waals surface area contributed by atoms with Crippen molar-refractivity contribution in [3.05, 3.63) is 65.5 Å². The predicted octanol–water partition coefficient (Wildman–Crippen LogP) is 3.05. The second-order valence-corrected chi connectivity index (χ2v) is 8.32. The summed E-state index contributed by atoms with van der Waals surface area (Å²) in [6.45, 7) is 4.95. The molecule has 1 aromatic heterocycles. The van der Waals surface area contributed by atoms with Crippen molar-refractivity contribution >= 4 is 35.8 Å². The highest BCUT2D eigenvalue weighted by Crippen LogP contribution is 2.13. The van der Waals surface area contributed by atoms with E-state index in [4.69, 9.17) is 0 Å². The van der Waals surface area contributed by atoms with Gasteiger partial charge in [0.05, 0.1) is 6.54 Å². The Labute approximate surface area is 215 Å². The molecule has 0 saturated carbocycles. The number of nitrogens with one attached hydrogen (secondary N) is 2. The molecule has 1 aromatic carbocycles. The molecule has 33 heavy (non-hydrogen) atoms. The molecule has 8 heteroatoms. The lowest BCUT2D eigenvalue weighted by Crippen LogP contribution is -2.43. The van der Waals surface area contributed by atoms with Crippen LogP contribution in [0.3, 0.4) is 0 Å². The van der Waals surface area contributed by atoms with Crippen molar-refractivity contribution in [2.45, 2.75) is 38.8 Å². The molecule has 1 saturated heterocycles. The van der Waals surface area contributed by atoms with Gasteiger partial charge in [-0.3, -0.25) is 19.7 Å². The van der Waals surface area contributed by atoms with E-state index in [1.165, 1.54) is 43.5 Å². The Morgan fingerprint density at radius 1 is 1.06 bits per heavy atom. The van der Waals surface area contributed by atoms with E-state index in [-0.39, 0.29) is 36.4 Å². The van der Waals surface area contributed by atoms with Gasteiger partial charge in [0.2, 0.25) is 5.91 Å². The minimum absolute atomic E-state index is 0. The number of amides is 1. The molecule has 2 N–H and O–H groups in total. The summed E-state index contributed by atoms with van der Waals surface area (Å²) in [4.78, 5) is 25.2. The molecule has 0 atom stereocenters. The van der Waals surface area contributed by atoms with Crippen molar-refractivity contribution in [1.82, 2.24) is 25.4 Å². The molecule has 0 unspecified atom stereocenters. The molecule has 0 aliphatic carbocycles. The number of halogens is 1. The van der Waals surface area contributed by atoms with Gasteiger partial charge in [0.1, 0.15) is 0 Å². The molecular weight excluding hydrogens is 527 g/mol. The number of likely N-dealkylation sites (tertiary alicyclic amines) is 1. The Morgan fingerprint density at radius 2 is 1.79 bits per heavy atom. The molecule has 0 spiro atoms. The maximum absolute atomic E-state index is 12.4. The Morgan fingerprint density at radius 3 is 2.45 bits per heavy atom. The number of benzene rings is 1. The average Bonchev–Trinajstić information content (AvgIpc) is 2.84. The largest absolute Gasteiger partial charge is 0.352 e. The fraction of sp³-hybridized carbons (Fsp3) is 0.480. The Balaban J connectivity index is 0.00000385. The highest BCUT2D eigenvalue weighted by molar-refractivity contribution is 14.0. The second-order valence-electron chi connectivity index (χ2n) is 8.32. The molecule has 180 valence electrons. The summed E-state index contributed by atoms with van der Waals surface area (Å²) in [6, 6.07) is 14.6. The average molecular weight is 565 g/mol. The monoisotopic (exact) mass is 564 g/mol. The van der Waals surface area contributed by atoms with E-state index in [2.05, 4.69) is 49.8 Å². The van der Waals surface area contributed by atoms with E-state index in [0.29, 0.717) is 19.0 Å². The van der Waals surface area contributed by atoms with Gasteiger partial charge < -0.3 is 15.5 Å². The third-order valence-electron chi connectivity index (χ3n) is 5.82. The summed E-state index contributed by atoms with van der Waals surface area (Å²) >= 11 is 0. The molecule has 0 radical (unpaired) electrons. The first-order valence-electron chi connectivity index (χ1n) is 11.5. The van der Waals surface area contributed by atoms with Gasteiger partial charge in [-0.15, -0.1) is 24.0 Å². The zero-order chi connectivity index (χ0) is 22.6. The van der Waals surface area contributed by atoms with Crippen LogP contribution in [0.2, 0.25) is 0 Å². The normalized spacial score (nSPS) is 14.3. The van der Waals surface area contributed by atoms with Crippen molar-refractivity contribution in [3.8, 4) is 0 Å². The predicted molar refractivity (Wildman–Crippen MR) is 145 cm³/mol. The summed E-state index contributed by atoms with van der Waals surface area (Å²) in [5.41, 5.74) is 3.53. The number of carbonyl (C=O) groups is 1. The van der Waals surface area contributed by atoms with Crippen LogP contribution in [-0.4, -0.2) is 66.9 Å². The number of hydrogen-bond donors (Lipinski definition) is 2.